The molecule has 1 aromatic carbocycles. The van der Waals surface area contributed by atoms with E-state index in [4.69, 9.17) is 0 Å². The molecule has 0 bridgehead atoms. The Kier molecular flexibility index (Phi) is 3.18. The van der Waals surface area contributed by atoms with Gasteiger partial charge in [-0.2, -0.15) is 0 Å². The molecule has 1 heterocycles. The number of rotatable bonds is 4. The summed E-state index contributed by atoms with van der Waals surface area (Å²) >= 11 is 0. The Bertz CT molecular complexity index is 555. The van der Waals surface area contributed by atoms with Crippen LogP contribution in [0.1, 0.15) is 35.7 Å². The molecule has 3 nitrogen and oxygen atoms in total. The van der Waals surface area contributed by atoms with E-state index in [2.05, 4.69) is 6.92 Å². The summed E-state index contributed by atoms with van der Waals surface area (Å²) in [5.41, 5.74) is 2.51. The summed E-state index contributed by atoms with van der Waals surface area (Å²) in [4.78, 5) is 11.2. The van der Waals surface area contributed by atoms with E-state index in [1.54, 1.807) is 6.20 Å². The molecule has 1 aromatic heterocycles. The standard InChI is InChI=1S/C14H17NO2/c1-3-4-7-15-9-12(14(16)17)11-8-10(2)5-6-13(11)15/h5-6,8-9H,3-4,7H2,1-2H3,(H,16,17). The Hall–Kier alpha value is -1.77. The molecule has 0 spiro atoms. The molecule has 17 heavy (non-hydrogen) atoms. The minimum absolute atomic E-state index is 0.403. The van der Waals surface area contributed by atoms with Gasteiger partial charge in [0.15, 0.2) is 0 Å². The third-order valence-corrected chi connectivity index (χ3v) is 3.02. The van der Waals surface area contributed by atoms with Crippen molar-refractivity contribution in [2.24, 2.45) is 0 Å². The number of aryl methyl sites for hydroxylation is 2. The number of unbranched alkanes of at least 4 members (excludes halogenated alkanes) is 1. The normalized spacial score (nSPS) is 10.9. The number of hydrogen-bond acceptors (Lipinski definition) is 1. The minimum atomic E-state index is -0.851. The number of fused-ring (bicyclic) bond motifs is 1. The van der Waals surface area contributed by atoms with Crippen molar-refractivity contribution in [2.45, 2.75) is 33.2 Å². The molecule has 2 aromatic rings. The predicted octanol–water partition coefficient (Wildman–Crippen LogP) is 3.45. The summed E-state index contributed by atoms with van der Waals surface area (Å²) < 4.78 is 2.04. The van der Waals surface area contributed by atoms with E-state index in [-0.39, 0.29) is 0 Å². The topological polar surface area (TPSA) is 42.2 Å². The zero-order chi connectivity index (χ0) is 12.4. The van der Waals surface area contributed by atoms with Crippen LogP contribution < -0.4 is 0 Å². The van der Waals surface area contributed by atoms with Crippen molar-refractivity contribution in [3.8, 4) is 0 Å². The molecule has 90 valence electrons. The number of benzene rings is 1. The maximum Gasteiger partial charge on any atom is 0.337 e. The van der Waals surface area contributed by atoms with Gasteiger partial charge in [0.1, 0.15) is 0 Å². The minimum Gasteiger partial charge on any atom is -0.478 e. The highest BCUT2D eigenvalue weighted by Crippen LogP contribution is 2.23. The molecular formula is C14H17NO2. The van der Waals surface area contributed by atoms with Crippen molar-refractivity contribution in [3.63, 3.8) is 0 Å². The van der Waals surface area contributed by atoms with Gasteiger partial charge in [-0.25, -0.2) is 4.79 Å². The zero-order valence-corrected chi connectivity index (χ0v) is 10.2. The Morgan fingerprint density at radius 3 is 2.82 bits per heavy atom. The Morgan fingerprint density at radius 1 is 1.41 bits per heavy atom. The lowest BCUT2D eigenvalue weighted by Gasteiger charge is -2.03. The van der Waals surface area contributed by atoms with Crippen LogP contribution in [0.3, 0.4) is 0 Å². The molecular weight excluding hydrogens is 214 g/mol. The molecule has 0 amide bonds. The van der Waals surface area contributed by atoms with E-state index < -0.39 is 5.97 Å². The second kappa shape index (κ2) is 4.62. The van der Waals surface area contributed by atoms with Crippen molar-refractivity contribution in [1.29, 1.82) is 0 Å². The SMILES string of the molecule is CCCCn1cc(C(=O)O)c2cc(C)ccc21. The monoisotopic (exact) mass is 231 g/mol. The second-order valence-electron chi connectivity index (χ2n) is 4.42. The third kappa shape index (κ3) is 2.18. The van der Waals surface area contributed by atoms with Crippen molar-refractivity contribution in [3.05, 3.63) is 35.5 Å². The van der Waals surface area contributed by atoms with Gasteiger partial charge in [0, 0.05) is 23.6 Å². The van der Waals surface area contributed by atoms with Crippen molar-refractivity contribution in [1.82, 2.24) is 4.57 Å². The first-order valence-electron chi connectivity index (χ1n) is 5.96. The fourth-order valence-corrected chi connectivity index (χ4v) is 2.09. The van der Waals surface area contributed by atoms with Gasteiger partial charge in [-0.1, -0.05) is 25.0 Å². The first-order chi connectivity index (χ1) is 8.13. The second-order valence-corrected chi connectivity index (χ2v) is 4.42. The summed E-state index contributed by atoms with van der Waals surface area (Å²) in [6, 6.07) is 5.98. The van der Waals surface area contributed by atoms with E-state index in [1.165, 1.54) is 0 Å². The molecule has 1 N–H and O–H groups in total. The van der Waals surface area contributed by atoms with E-state index in [0.29, 0.717) is 5.56 Å². The molecule has 0 atom stereocenters. The van der Waals surface area contributed by atoms with Gasteiger partial charge in [-0.05, 0) is 25.5 Å². The van der Waals surface area contributed by atoms with Gasteiger partial charge < -0.3 is 9.67 Å². The summed E-state index contributed by atoms with van der Waals surface area (Å²) in [6.07, 6.45) is 3.92. The van der Waals surface area contributed by atoms with Crippen LogP contribution in [0.25, 0.3) is 10.9 Å². The van der Waals surface area contributed by atoms with Crippen LogP contribution in [0.5, 0.6) is 0 Å². The molecule has 3 heteroatoms. The number of hydrogen-bond donors (Lipinski definition) is 1. The molecule has 0 aliphatic rings. The van der Waals surface area contributed by atoms with Crippen LogP contribution in [0, 0.1) is 6.92 Å². The van der Waals surface area contributed by atoms with Gasteiger partial charge in [0.05, 0.1) is 5.56 Å². The average Bonchev–Trinajstić information content (AvgIpc) is 2.64. The predicted molar refractivity (Wildman–Crippen MR) is 68.5 cm³/mol. The lowest BCUT2D eigenvalue weighted by Crippen LogP contribution is -1.96. The van der Waals surface area contributed by atoms with Crippen molar-refractivity contribution < 1.29 is 9.90 Å². The van der Waals surface area contributed by atoms with E-state index in [0.717, 1.165) is 35.9 Å². The largest absolute Gasteiger partial charge is 0.478 e. The number of carboxylic acid groups (broad SMARTS) is 1. The van der Waals surface area contributed by atoms with Crippen LogP contribution in [0.15, 0.2) is 24.4 Å². The van der Waals surface area contributed by atoms with Crippen LogP contribution in [0.2, 0.25) is 0 Å². The van der Waals surface area contributed by atoms with Crippen molar-refractivity contribution in [2.75, 3.05) is 0 Å². The summed E-state index contributed by atoms with van der Waals surface area (Å²) in [5.74, 6) is -0.851. The van der Waals surface area contributed by atoms with E-state index >= 15 is 0 Å². The quantitative estimate of drug-likeness (QED) is 0.875. The van der Waals surface area contributed by atoms with Crippen molar-refractivity contribution >= 4 is 16.9 Å². The first-order valence-corrected chi connectivity index (χ1v) is 5.96. The van der Waals surface area contributed by atoms with Crippen LogP contribution >= 0.6 is 0 Å². The summed E-state index contributed by atoms with van der Waals surface area (Å²) in [5, 5.41) is 10.0. The Balaban J connectivity index is 2.58. The zero-order valence-electron chi connectivity index (χ0n) is 10.2. The highest BCUT2D eigenvalue weighted by Gasteiger charge is 2.13. The number of carbonyl (C=O) groups is 1. The van der Waals surface area contributed by atoms with Gasteiger partial charge in [-0.3, -0.25) is 0 Å². The van der Waals surface area contributed by atoms with Crippen LogP contribution in [-0.2, 0) is 6.54 Å². The van der Waals surface area contributed by atoms with Crippen LogP contribution in [-0.4, -0.2) is 15.6 Å². The first kappa shape index (κ1) is 11.7. The molecule has 0 fully saturated rings. The molecule has 0 saturated heterocycles. The number of aromatic carboxylic acids is 1. The maximum absolute atomic E-state index is 11.2. The smallest absolute Gasteiger partial charge is 0.337 e. The lowest BCUT2D eigenvalue weighted by molar-refractivity contribution is 0.0699. The van der Waals surface area contributed by atoms with E-state index in [9.17, 15) is 9.90 Å². The molecule has 0 aliphatic heterocycles. The lowest BCUT2D eigenvalue weighted by atomic mass is 10.1. The third-order valence-electron chi connectivity index (χ3n) is 3.02. The van der Waals surface area contributed by atoms with Gasteiger partial charge in [-0.15, -0.1) is 0 Å². The Labute approximate surface area is 101 Å². The number of nitrogens with zero attached hydrogens (tertiary/aromatic N) is 1. The highest BCUT2D eigenvalue weighted by atomic mass is 16.4. The fraction of sp³-hybridized carbons (Fsp3) is 0.357. The maximum atomic E-state index is 11.2. The van der Waals surface area contributed by atoms with E-state index in [1.807, 2.05) is 29.7 Å². The summed E-state index contributed by atoms with van der Waals surface area (Å²) in [6.45, 7) is 4.99. The molecule has 0 unspecified atom stereocenters. The summed E-state index contributed by atoms with van der Waals surface area (Å²) in [7, 11) is 0. The molecule has 0 aliphatic carbocycles. The van der Waals surface area contributed by atoms with Gasteiger partial charge >= 0.3 is 5.97 Å². The van der Waals surface area contributed by atoms with Gasteiger partial charge in [0.2, 0.25) is 0 Å². The molecule has 0 radical (unpaired) electrons. The molecule has 0 saturated carbocycles. The fourth-order valence-electron chi connectivity index (χ4n) is 2.09. The molecule has 2 rings (SSSR count). The number of aromatic nitrogens is 1. The van der Waals surface area contributed by atoms with Crippen LogP contribution in [0.4, 0.5) is 0 Å². The Morgan fingerprint density at radius 2 is 2.18 bits per heavy atom. The average molecular weight is 231 g/mol. The highest BCUT2D eigenvalue weighted by molar-refractivity contribution is 6.03. The van der Waals surface area contributed by atoms with Gasteiger partial charge in [0.25, 0.3) is 0 Å². The number of carboxylic acids is 1.